The van der Waals surface area contributed by atoms with Crippen LogP contribution in [-0.4, -0.2) is 16.8 Å². The van der Waals surface area contributed by atoms with Gasteiger partial charge in [0, 0.05) is 22.9 Å². The molecule has 6 heteroatoms. The number of nitrogens with one attached hydrogen (secondary N) is 2. The molecule has 0 fully saturated rings. The summed E-state index contributed by atoms with van der Waals surface area (Å²) in [6.07, 6.45) is 0. The molecular formula is C21H21N3O3. The Morgan fingerprint density at radius 2 is 1.52 bits per heavy atom. The van der Waals surface area contributed by atoms with Gasteiger partial charge < -0.3 is 15.1 Å². The molecule has 1 heterocycles. The van der Waals surface area contributed by atoms with Crippen molar-refractivity contribution in [2.45, 2.75) is 20.8 Å². The van der Waals surface area contributed by atoms with Crippen molar-refractivity contribution in [3.05, 3.63) is 66.1 Å². The van der Waals surface area contributed by atoms with Crippen LogP contribution in [0.5, 0.6) is 0 Å². The van der Waals surface area contributed by atoms with E-state index >= 15 is 0 Å². The third kappa shape index (κ3) is 4.41. The van der Waals surface area contributed by atoms with Gasteiger partial charge in [-0.1, -0.05) is 32.0 Å². The second-order valence-electron chi connectivity index (χ2n) is 6.47. The fourth-order valence-electron chi connectivity index (χ4n) is 2.43. The first kappa shape index (κ1) is 18.4. The summed E-state index contributed by atoms with van der Waals surface area (Å²) in [6.45, 7) is 5.36. The van der Waals surface area contributed by atoms with Crippen molar-refractivity contribution in [1.82, 2.24) is 4.98 Å². The molecule has 6 nitrogen and oxygen atoms in total. The van der Waals surface area contributed by atoms with E-state index in [0.717, 1.165) is 5.56 Å². The Morgan fingerprint density at radius 1 is 0.926 bits per heavy atom. The van der Waals surface area contributed by atoms with E-state index in [2.05, 4.69) is 15.6 Å². The van der Waals surface area contributed by atoms with E-state index in [9.17, 15) is 9.59 Å². The number of aryl methyl sites for hydroxylation is 1. The maximum Gasteiger partial charge on any atom is 0.277 e. The van der Waals surface area contributed by atoms with Crippen molar-refractivity contribution in [3.8, 4) is 11.5 Å². The zero-order valence-corrected chi connectivity index (χ0v) is 15.4. The van der Waals surface area contributed by atoms with Gasteiger partial charge in [0.25, 0.3) is 5.91 Å². The van der Waals surface area contributed by atoms with Gasteiger partial charge in [-0.25, -0.2) is 4.98 Å². The second-order valence-corrected chi connectivity index (χ2v) is 6.47. The lowest BCUT2D eigenvalue weighted by molar-refractivity contribution is -0.118. The van der Waals surface area contributed by atoms with Crippen molar-refractivity contribution >= 4 is 23.2 Å². The Kier molecular flexibility index (Phi) is 5.35. The molecule has 3 aromatic rings. The van der Waals surface area contributed by atoms with E-state index in [4.69, 9.17) is 4.42 Å². The van der Waals surface area contributed by atoms with Gasteiger partial charge >= 0.3 is 0 Å². The Labute approximate surface area is 157 Å². The molecule has 2 aromatic carbocycles. The van der Waals surface area contributed by atoms with Crippen LogP contribution in [0.4, 0.5) is 11.4 Å². The number of rotatable bonds is 5. The topological polar surface area (TPSA) is 84.2 Å². The van der Waals surface area contributed by atoms with Gasteiger partial charge in [-0.3, -0.25) is 9.59 Å². The first-order valence-corrected chi connectivity index (χ1v) is 8.69. The summed E-state index contributed by atoms with van der Waals surface area (Å²) in [7, 11) is 0. The summed E-state index contributed by atoms with van der Waals surface area (Å²) in [5, 5.41) is 5.60. The van der Waals surface area contributed by atoms with Crippen LogP contribution in [0.2, 0.25) is 0 Å². The number of benzene rings is 2. The van der Waals surface area contributed by atoms with Crippen LogP contribution in [0.1, 0.15) is 30.1 Å². The first-order chi connectivity index (χ1) is 12.9. The van der Waals surface area contributed by atoms with Gasteiger partial charge in [-0.15, -0.1) is 0 Å². The maximum absolute atomic E-state index is 12.5. The molecule has 1 aromatic heterocycles. The Morgan fingerprint density at radius 3 is 2.11 bits per heavy atom. The second kappa shape index (κ2) is 7.86. The quantitative estimate of drug-likeness (QED) is 0.699. The fourth-order valence-corrected chi connectivity index (χ4v) is 2.43. The van der Waals surface area contributed by atoms with E-state index < -0.39 is 0 Å². The normalized spacial score (nSPS) is 10.7. The van der Waals surface area contributed by atoms with Gasteiger partial charge in [-0.05, 0) is 43.3 Å². The van der Waals surface area contributed by atoms with Gasteiger partial charge in [0.1, 0.15) is 5.76 Å². The third-order valence-corrected chi connectivity index (χ3v) is 3.97. The number of hydrogen-bond donors (Lipinski definition) is 2. The number of hydrogen-bond acceptors (Lipinski definition) is 4. The molecule has 0 bridgehead atoms. The molecule has 138 valence electrons. The van der Waals surface area contributed by atoms with Crippen LogP contribution in [0, 0.1) is 12.8 Å². The zero-order valence-electron chi connectivity index (χ0n) is 15.4. The van der Waals surface area contributed by atoms with Crippen LogP contribution in [0.25, 0.3) is 11.5 Å². The number of amides is 2. The minimum Gasteiger partial charge on any atom is -0.441 e. The highest BCUT2D eigenvalue weighted by molar-refractivity contribution is 6.04. The lowest BCUT2D eigenvalue weighted by atomic mass is 10.2. The van der Waals surface area contributed by atoms with E-state index in [1.165, 1.54) is 0 Å². The highest BCUT2D eigenvalue weighted by atomic mass is 16.4. The van der Waals surface area contributed by atoms with Gasteiger partial charge in [0.05, 0.1) is 0 Å². The smallest absolute Gasteiger partial charge is 0.277 e. The average molecular weight is 363 g/mol. The molecule has 0 aliphatic heterocycles. The first-order valence-electron chi connectivity index (χ1n) is 8.69. The van der Waals surface area contributed by atoms with Gasteiger partial charge in [0.15, 0.2) is 5.69 Å². The minimum atomic E-state index is -0.350. The molecule has 0 saturated heterocycles. The van der Waals surface area contributed by atoms with Crippen LogP contribution >= 0.6 is 0 Å². The molecule has 0 radical (unpaired) electrons. The molecule has 2 amide bonds. The lowest BCUT2D eigenvalue weighted by Gasteiger charge is -2.09. The number of oxazole rings is 1. The molecule has 0 aliphatic carbocycles. The van der Waals surface area contributed by atoms with Crippen LogP contribution in [0.15, 0.2) is 59.0 Å². The monoisotopic (exact) mass is 363 g/mol. The van der Waals surface area contributed by atoms with Gasteiger partial charge in [-0.2, -0.15) is 0 Å². The summed E-state index contributed by atoms with van der Waals surface area (Å²) in [4.78, 5) is 28.6. The van der Waals surface area contributed by atoms with Crippen molar-refractivity contribution < 1.29 is 14.0 Å². The number of carbonyl (C=O) groups excluding carboxylic acids is 2. The van der Waals surface area contributed by atoms with E-state index in [0.29, 0.717) is 23.0 Å². The summed E-state index contributed by atoms with van der Waals surface area (Å²) >= 11 is 0. The van der Waals surface area contributed by atoms with E-state index in [1.807, 2.05) is 44.2 Å². The summed E-state index contributed by atoms with van der Waals surface area (Å²) in [5.74, 6) is 0.353. The fraction of sp³-hybridized carbons (Fsp3) is 0.190. The zero-order chi connectivity index (χ0) is 19.4. The molecule has 27 heavy (non-hydrogen) atoms. The van der Waals surface area contributed by atoms with Gasteiger partial charge in [0.2, 0.25) is 11.8 Å². The highest BCUT2D eigenvalue weighted by Crippen LogP contribution is 2.22. The predicted octanol–water partition coefficient (Wildman–Crippen LogP) is 4.50. The van der Waals surface area contributed by atoms with E-state index in [1.54, 1.807) is 31.2 Å². The molecule has 0 spiro atoms. The summed E-state index contributed by atoms with van der Waals surface area (Å²) < 4.78 is 5.63. The maximum atomic E-state index is 12.5. The summed E-state index contributed by atoms with van der Waals surface area (Å²) in [6, 6.07) is 16.3. The van der Waals surface area contributed by atoms with Crippen LogP contribution in [0.3, 0.4) is 0 Å². The Hall–Kier alpha value is -3.41. The Bertz CT molecular complexity index is 945. The average Bonchev–Trinajstić information content (AvgIpc) is 3.06. The molecule has 0 atom stereocenters. The molecule has 3 rings (SSSR count). The molecule has 2 N–H and O–H groups in total. The minimum absolute atomic E-state index is 0.0570. The molecular weight excluding hydrogens is 342 g/mol. The number of anilines is 2. The van der Waals surface area contributed by atoms with Crippen molar-refractivity contribution in [2.75, 3.05) is 10.6 Å². The Balaban J connectivity index is 1.70. The lowest BCUT2D eigenvalue weighted by Crippen LogP contribution is -2.17. The third-order valence-electron chi connectivity index (χ3n) is 3.97. The van der Waals surface area contributed by atoms with Crippen molar-refractivity contribution in [1.29, 1.82) is 0 Å². The van der Waals surface area contributed by atoms with Crippen LogP contribution in [-0.2, 0) is 4.79 Å². The predicted molar refractivity (Wildman–Crippen MR) is 105 cm³/mol. The summed E-state index contributed by atoms with van der Waals surface area (Å²) in [5.41, 5.74) is 2.33. The molecule has 0 aliphatic rings. The van der Waals surface area contributed by atoms with Crippen molar-refractivity contribution in [2.24, 2.45) is 5.92 Å². The number of nitrogens with zero attached hydrogens (tertiary/aromatic N) is 1. The highest BCUT2D eigenvalue weighted by Gasteiger charge is 2.18. The van der Waals surface area contributed by atoms with Crippen LogP contribution < -0.4 is 10.6 Å². The molecule has 0 unspecified atom stereocenters. The standard InChI is InChI=1S/C21H21N3O3/c1-13(2)19(25)22-16-9-11-17(12-10-16)23-20(26)18-14(3)27-21(24-18)15-7-5-4-6-8-15/h4-13H,1-3H3,(H,22,25)(H,23,26). The number of carbonyl (C=O) groups is 2. The SMILES string of the molecule is Cc1oc(-c2ccccc2)nc1C(=O)Nc1ccc(NC(=O)C(C)C)cc1. The van der Waals surface area contributed by atoms with E-state index in [-0.39, 0.29) is 23.4 Å². The largest absolute Gasteiger partial charge is 0.441 e. The van der Waals surface area contributed by atoms with Crippen molar-refractivity contribution in [3.63, 3.8) is 0 Å². The molecule has 0 saturated carbocycles. The number of aromatic nitrogens is 1.